The van der Waals surface area contributed by atoms with Gasteiger partial charge in [0.1, 0.15) is 5.82 Å². The standard InChI is InChI=1S/C13H17N3/c1-9-3-5-12-11(7-9)4-6-13(16-12)15-8-10(2)14/h3-7,10H,8,14H2,1-2H3,(H,15,16). The third-order valence-corrected chi connectivity index (χ3v) is 2.45. The summed E-state index contributed by atoms with van der Waals surface area (Å²) in [7, 11) is 0. The van der Waals surface area contributed by atoms with E-state index in [0.717, 1.165) is 17.9 Å². The average Bonchev–Trinajstić information content (AvgIpc) is 2.26. The van der Waals surface area contributed by atoms with Gasteiger partial charge in [0.05, 0.1) is 5.52 Å². The maximum absolute atomic E-state index is 5.68. The van der Waals surface area contributed by atoms with Crippen molar-refractivity contribution in [2.45, 2.75) is 19.9 Å². The largest absolute Gasteiger partial charge is 0.369 e. The molecule has 1 heterocycles. The normalized spacial score (nSPS) is 12.7. The number of rotatable bonds is 3. The summed E-state index contributed by atoms with van der Waals surface area (Å²) in [6.45, 7) is 4.80. The third kappa shape index (κ3) is 2.49. The van der Waals surface area contributed by atoms with Gasteiger partial charge in [-0.25, -0.2) is 4.98 Å². The Morgan fingerprint density at radius 1 is 1.31 bits per heavy atom. The van der Waals surface area contributed by atoms with Gasteiger partial charge < -0.3 is 11.1 Å². The van der Waals surface area contributed by atoms with E-state index in [4.69, 9.17) is 5.73 Å². The maximum Gasteiger partial charge on any atom is 0.126 e. The minimum Gasteiger partial charge on any atom is -0.369 e. The van der Waals surface area contributed by atoms with Crippen LogP contribution in [0.3, 0.4) is 0 Å². The van der Waals surface area contributed by atoms with E-state index >= 15 is 0 Å². The van der Waals surface area contributed by atoms with Gasteiger partial charge in [-0.2, -0.15) is 0 Å². The molecule has 0 bridgehead atoms. The van der Waals surface area contributed by atoms with Crippen molar-refractivity contribution in [3.05, 3.63) is 35.9 Å². The highest BCUT2D eigenvalue weighted by molar-refractivity contribution is 5.80. The highest BCUT2D eigenvalue weighted by Crippen LogP contribution is 2.16. The number of fused-ring (bicyclic) bond motifs is 1. The van der Waals surface area contributed by atoms with Crippen LogP contribution in [-0.4, -0.2) is 17.6 Å². The smallest absolute Gasteiger partial charge is 0.126 e. The van der Waals surface area contributed by atoms with Crippen molar-refractivity contribution < 1.29 is 0 Å². The van der Waals surface area contributed by atoms with E-state index in [9.17, 15) is 0 Å². The van der Waals surface area contributed by atoms with Crippen LogP contribution in [0.2, 0.25) is 0 Å². The van der Waals surface area contributed by atoms with Crippen molar-refractivity contribution in [3.8, 4) is 0 Å². The average molecular weight is 215 g/mol. The summed E-state index contributed by atoms with van der Waals surface area (Å²) in [5.74, 6) is 0.883. The second-order valence-corrected chi connectivity index (χ2v) is 4.25. The van der Waals surface area contributed by atoms with E-state index < -0.39 is 0 Å². The van der Waals surface area contributed by atoms with E-state index in [1.807, 2.05) is 19.1 Å². The zero-order chi connectivity index (χ0) is 11.5. The molecule has 0 amide bonds. The molecule has 0 aliphatic rings. The molecule has 84 valence electrons. The predicted molar refractivity (Wildman–Crippen MR) is 68.6 cm³/mol. The first-order valence-electron chi connectivity index (χ1n) is 5.52. The molecule has 1 aromatic heterocycles. The van der Waals surface area contributed by atoms with Crippen LogP contribution >= 0.6 is 0 Å². The van der Waals surface area contributed by atoms with Gasteiger partial charge in [-0.3, -0.25) is 0 Å². The summed E-state index contributed by atoms with van der Waals surface area (Å²) in [5, 5.41) is 4.39. The fourth-order valence-electron chi connectivity index (χ4n) is 1.61. The van der Waals surface area contributed by atoms with Crippen molar-refractivity contribution >= 4 is 16.7 Å². The first-order chi connectivity index (χ1) is 7.65. The number of anilines is 1. The molecule has 0 aliphatic heterocycles. The Balaban J connectivity index is 2.26. The van der Waals surface area contributed by atoms with Crippen molar-refractivity contribution in [2.24, 2.45) is 5.73 Å². The Hall–Kier alpha value is -1.61. The van der Waals surface area contributed by atoms with Crippen molar-refractivity contribution in [1.29, 1.82) is 0 Å². The molecular formula is C13H17N3. The monoisotopic (exact) mass is 215 g/mol. The van der Waals surface area contributed by atoms with Gasteiger partial charge in [0.2, 0.25) is 0 Å². The summed E-state index contributed by atoms with van der Waals surface area (Å²) in [5.41, 5.74) is 7.95. The summed E-state index contributed by atoms with van der Waals surface area (Å²) in [6, 6.07) is 10.5. The van der Waals surface area contributed by atoms with Gasteiger partial charge in [0.15, 0.2) is 0 Å². The molecule has 1 atom stereocenters. The summed E-state index contributed by atoms with van der Waals surface area (Å²) in [6.07, 6.45) is 0. The number of nitrogens with zero attached hydrogens (tertiary/aromatic N) is 1. The molecule has 0 radical (unpaired) electrons. The number of pyridine rings is 1. The van der Waals surface area contributed by atoms with Gasteiger partial charge in [-0.05, 0) is 38.1 Å². The van der Waals surface area contributed by atoms with Crippen LogP contribution in [0.5, 0.6) is 0 Å². The lowest BCUT2D eigenvalue weighted by Crippen LogP contribution is -2.25. The van der Waals surface area contributed by atoms with Crippen molar-refractivity contribution in [2.75, 3.05) is 11.9 Å². The quantitative estimate of drug-likeness (QED) is 0.826. The topological polar surface area (TPSA) is 50.9 Å². The molecule has 0 fully saturated rings. The molecular weight excluding hydrogens is 198 g/mol. The molecule has 16 heavy (non-hydrogen) atoms. The minimum atomic E-state index is 0.135. The second kappa shape index (κ2) is 4.49. The Kier molecular flexibility index (Phi) is 3.06. The minimum absolute atomic E-state index is 0.135. The van der Waals surface area contributed by atoms with Crippen LogP contribution in [0.4, 0.5) is 5.82 Å². The molecule has 0 aliphatic carbocycles. The van der Waals surface area contributed by atoms with Gasteiger partial charge in [0, 0.05) is 18.0 Å². The molecule has 2 rings (SSSR count). The lowest BCUT2D eigenvalue weighted by atomic mass is 10.1. The lowest BCUT2D eigenvalue weighted by molar-refractivity contribution is 0.778. The molecule has 2 aromatic rings. The first-order valence-corrected chi connectivity index (χ1v) is 5.52. The number of benzene rings is 1. The molecule has 0 saturated heterocycles. The first kappa shape index (κ1) is 10.9. The molecule has 3 nitrogen and oxygen atoms in total. The molecule has 1 aromatic carbocycles. The zero-order valence-electron chi connectivity index (χ0n) is 9.70. The van der Waals surface area contributed by atoms with Crippen molar-refractivity contribution in [3.63, 3.8) is 0 Å². The Morgan fingerprint density at radius 3 is 2.88 bits per heavy atom. The Labute approximate surface area is 95.7 Å². The number of aryl methyl sites for hydroxylation is 1. The molecule has 0 saturated carbocycles. The van der Waals surface area contributed by atoms with Crippen LogP contribution in [0.15, 0.2) is 30.3 Å². The van der Waals surface area contributed by atoms with Gasteiger partial charge in [-0.1, -0.05) is 11.6 Å². The maximum atomic E-state index is 5.68. The van der Waals surface area contributed by atoms with Crippen molar-refractivity contribution in [1.82, 2.24) is 4.98 Å². The van der Waals surface area contributed by atoms with Crippen LogP contribution < -0.4 is 11.1 Å². The summed E-state index contributed by atoms with van der Waals surface area (Å²) >= 11 is 0. The molecule has 0 spiro atoms. The van der Waals surface area contributed by atoms with Gasteiger partial charge in [0.25, 0.3) is 0 Å². The number of aromatic nitrogens is 1. The van der Waals surface area contributed by atoms with E-state index in [0.29, 0.717) is 0 Å². The number of hydrogen-bond acceptors (Lipinski definition) is 3. The van der Waals surface area contributed by atoms with E-state index in [1.54, 1.807) is 0 Å². The van der Waals surface area contributed by atoms with Crippen LogP contribution in [0, 0.1) is 6.92 Å². The second-order valence-electron chi connectivity index (χ2n) is 4.25. The number of nitrogens with one attached hydrogen (secondary N) is 1. The fourth-order valence-corrected chi connectivity index (χ4v) is 1.61. The highest BCUT2D eigenvalue weighted by atomic mass is 15.0. The van der Waals surface area contributed by atoms with Gasteiger partial charge >= 0.3 is 0 Å². The Morgan fingerprint density at radius 2 is 2.12 bits per heavy atom. The Bertz CT molecular complexity index is 492. The van der Waals surface area contributed by atoms with Crippen LogP contribution in [0.1, 0.15) is 12.5 Å². The van der Waals surface area contributed by atoms with E-state index in [-0.39, 0.29) is 6.04 Å². The number of nitrogens with two attached hydrogens (primary N) is 1. The predicted octanol–water partition coefficient (Wildman–Crippen LogP) is 2.30. The van der Waals surface area contributed by atoms with E-state index in [1.165, 1.54) is 10.9 Å². The van der Waals surface area contributed by atoms with Crippen LogP contribution in [0.25, 0.3) is 10.9 Å². The molecule has 1 unspecified atom stereocenters. The fraction of sp³-hybridized carbons (Fsp3) is 0.308. The van der Waals surface area contributed by atoms with Crippen LogP contribution in [-0.2, 0) is 0 Å². The zero-order valence-corrected chi connectivity index (χ0v) is 9.70. The molecule has 3 N–H and O–H groups in total. The highest BCUT2D eigenvalue weighted by Gasteiger charge is 1.99. The SMILES string of the molecule is Cc1ccc2nc(NCC(C)N)ccc2c1. The summed E-state index contributed by atoms with van der Waals surface area (Å²) < 4.78 is 0. The van der Waals surface area contributed by atoms with E-state index in [2.05, 4.69) is 35.4 Å². The number of hydrogen-bond donors (Lipinski definition) is 2. The van der Waals surface area contributed by atoms with Gasteiger partial charge in [-0.15, -0.1) is 0 Å². The lowest BCUT2D eigenvalue weighted by Gasteiger charge is -2.09. The molecule has 3 heteroatoms. The third-order valence-electron chi connectivity index (χ3n) is 2.45. The summed E-state index contributed by atoms with van der Waals surface area (Å²) in [4.78, 5) is 4.52.